The van der Waals surface area contributed by atoms with E-state index in [2.05, 4.69) is 12.0 Å². The molecule has 1 saturated heterocycles. The van der Waals surface area contributed by atoms with Gasteiger partial charge in [-0.1, -0.05) is 11.6 Å². The molecule has 0 spiro atoms. The topological polar surface area (TPSA) is 20.3 Å². The van der Waals surface area contributed by atoms with Gasteiger partial charge < -0.3 is 4.90 Å². The van der Waals surface area contributed by atoms with Crippen LogP contribution in [0, 0.1) is 17.8 Å². The van der Waals surface area contributed by atoms with Crippen LogP contribution in [0.15, 0.2) is 18.2 Å². The molecule has 2 rings (SSSR count). The zero-order valence-corrected chi connectivity index (χ0v) is 9.93. The van der Waals surface area contributed by atoms with Crippen LogP contribution >= 0.6 is 11.6 Å². The van der Waals surface area contributed by atoms with Gasteiger partial charge in [-0.3, -0.25) is 4.79 Å². The van der Waals surface area contributed by atoms with Crippen LogP contribution in [0.1, 0.15) is 23.2 Å². The van der Waals surface area contributed by atoms with E-state index < -0.39 is 5.82 Å². The van der Waals surface area contributed by atoms with Crippen molar-refractivity contribution in [1.29, 1.82) is 0 Å². The molecule has 0 aromatic heterocycles. The van der Waals surface area contributed by atoms with E-state index in [9.17, 15) is 9.18 Å². The number of halogens is 2. The lowest BCUT2D eigenvalue weighted by molar-refractivity contribution is 0.105. The third-order valence-corrected chi connectivity index (χ3v) is 2.91. The SMILES string of the molecule is O=C(C#CN1CCCC1)c1ccc(F)c(Cl)c1. The van der Waals surface area contributed by atoms with Crippen LogP contribution in [0.25, 0.3) is 0 Å². The van der Waals surface area contributed by atoms with E-state index in [0.717, 1.165) is 25.9 Å². The molecule has 4 heteroatoms. The number of rotatable bonds is 1. The normalized spacial score (nSPS) is 14.4. The maximum absolute atomic E-state index is 12.9. The molecule has 1 heterocycles. The summed E-state index contributed by atoms with van der Waals surface area (Å²) in [7, 11) is 0. The van der Waals surface area contributed by atoms with Crippen molar-refractivity contribution in [2.24, 2.45) is 0 Å². The lowest BCUT2D eigenvalue weighted by atomic mass is 10.1. The highest BCUT2D eigenvalue weighted by molar-refractivity contribution is 6.31. The summed E-state index contributed by atoms with van der Waals surface area (Å²) in [6.07, 6.45) is 2.23. The summed E-state index contributed by atoms with van der Waals surface area (Å²) >= 11 is 5.60. The molecule has 1 aromatic rings. The Balaban J connectivity index is 2.11. The highest BCUT2D eigenvalue weighted by Crippen LogP contribution is 2.16. The van der Waals surface area contributed by atoms with E-state index >= 15 is 0 Å². The van der Waals surface area contributed by atoms with Gasteiger partial charge in [-0.25, -0.2) is 4.39 Å². The molecule has 1 aliphatic heterocycles. The van der Waals surface area contributed by atoms with Crippen molar-refractivity contribution in [2.75, 3.05) is 13.1 Å². The number of Topliss-reactive ketones (excluding diaryl/α,β-unsaturated/α-hetero) is 1. The number of likely N-dealkylation sites (tertiary alicyclic amines) is 1. The summed E-state index contributed by atoms with van der Waals surface area (Å²) in [6.45, 7) is 1.81. The Labute approximate surface area is 104 Å². The van der Waals surface area contributed by atoms with Gasteiger partial charge in [0, 0.05) is 24.7 Å². The van der Waals surface area contributed by atoms with Crippen LogP contribution in [-0.4, -0.2) is 23.8 Å². The number of nitrogens with zero attached hydrogens (tertiary/aromatic N) is 1. The molecule has 0 amide bonds. The average Bonchev–Trinajstić information content (AvgIpc) is 2.82. The summed E-state index contributed by atoms with van der Waals surface area (Å²) in [5.41, 5.74) is 0.322. The summed E-state index contributed by atoms with van der Waals surface area (Å²) in [5.74, 6) is 1.68. The second-order valence-electron chi connectivity index (χ2n) is 3.89. The highest BCUT2D eigenvalue weighted by Gasteiger charge is 2.09. The lowest BCUT2D eigenvalue weighted by Gasteiger charge is -2.05. The van der Waals surface area contributed by atoms with Gasteiger partial charge in [-0.2, -0.15) is 0 Å². The van der Waals surface area contributed by atoms with E-state index in [1.807, 2.05) is 4.90 Å². The van der Waals surface area contributed by atoms with Gasteiger partial charge in [-0.15, -0.1) is 0 Å². The van der Waals surface area contributed by atoms with Gasteiger partial charge in [0.2, 0.25) is 5.78 Å². The van der Waals surface area contributed by atoms with Gasteiger partial charge >= 0.3 is 0 Å². The number of hydrogen-bond acceptors (Lipinski definition) is 2. The summed E-state index contributed by atoms with van der Waals surface area (Å²) in [5, 5.41) is -0.0566. The molecule has 17 heavy (non-hydrogen) atoms. The zero-order valence-electron chi connectivity index (χ0n) is 9.17. The van der Waals surface area contributed by atoms with E-state index in [-0.39, 0.29) is 10.8 Å². The first-order chi connectivity index (χ1) is 8.16. The third-order valence-electron chi connectivity index (χ3n) is 2.62. The van der Waals surface area contributed by atoms with Gasteiger partial charge in [0.25, 0.3) is 0 Å². The van der Waals surface area contributed by atoms with Crippen molar-refractivity contribution in [3.63, 3.8) is 0 Å². The molecule has 1 fully saturated rings. The Morgan fingerprint density at radius 2 is 2.06 bits per heavy atom. The Hall–Kier alpha value is -1.53. The summed E-state index contributed by atoms with van der Waals surface area (Å²) in [6, 6.07) is 6.68. The number of ketones is 1. The first kappa shape index (κ1) is 11.9. The van der Waals surface area contributed by atoms with Gasteiger partial charge in [-0.05, 0) is 37.0 Å². The number of hydrogen-bond donors (Lipinski definition) is 0. The van der Waals surface area contributed by atoms with Crippen molar-refractivity contribution in [3.8, 4) is 12.0 Å². The molecule has 0 unspecified atom stereocenters. The number of carbonyl (C=O) groups is 1. The fraction of sp³-hybridized carbons (Fsp3) is 0.308. The average molecular weight is 252 g/mol. The van der Waals surface area contributed by atoms with Crippen molar-refractivity contribution < 1.29 is 9.18 Å². The second-order valence-corrected chi connectivity index (χ2v) is 4.30. The van der Waals surface area contributed by atoms with Gasteiger partial charge in [0.1, 0.15) is 5.82 Å². The van der Waals surface area contributed by atoms with E-state index in [1.54, 1.807) is 0 Å². The maximum atomic E-state index is 12.9. The van der Waals surface area contributed by atoms with E-state index in [0.29, 0.717) is 5.56 Å². The molecule has 88 valence electrons. The largest absolute Gasteiger partial charge is 0.332 e. The fourth-order valence-corrected chi connectivity index (χ4v) is 1.85. The molecule has 0 aliphatic carbocycles. The monoisotopic (exact) mass is 251 g/mol. The smallest absolute Gasteiger partial charge is 0.237 e. The molecular weight excluding hydrogens is 241 g/mol. The van der Waals surface area contributed by atoms with E-state index in [1.165, 1.54) is 18.2 Å². The van der Waals surface area contributed by atoms with E-state index in [4.69, 9.17) is 11.6 Å². The minimum atomic E-state index is -0.532. The Morgan fingerprint density at radius 1 is 1.35 bits per heavy atom. The Bertz CT molecular complexity index is 498. The molecule has 0 saturated carbocycles. The highest BCUT2D eigenvalue weighted by atomic mass is 35.5. The predicted molar refractivity (Wildman–Crippen MR) is 64.3 cm³/mol. The van der Waals surface area contributed by atoms with Gasteiger partial charge in [0.05, 0.1) is 5.02 Å². The number of carbonyl (C=O) groups excluding carboxylic acids is 1. The molecule has 0 N–H and O–H groups in total. The van der Waals surface area contributed by atoms with Crippen molar-refractivity contribution >= 4 is 17.4 Å². The van der Waals surface area contributed by atoms with Crippen LogP contribution < -0.4 is 0 Å². The minimum Gasteiger partial charge on any atom is -0.332 e. The van der Waals surface area contributed by atoms with Crippen molar-refractivity contribution in [3.05, 3.63) is 34.6 Å². The Kier molecular flexibility index (Phi) is 3.65. The fourth-order valence-electron chi connectivity index (χ4n) is 1.67. The molecule has 0 radical (unpaired) electrons. The molecule has 0 bridgehead atoms. The van der Waals surface area contributed by atoms with Crippen molar-refractivity contribution in [1.82, 2.24) is 4.90 Å². The molecular formula is C13H11ClFNO. The van der Waals surface area contributed by atoms with Crippen molar-refractivity contribution in [2.45, 2.75) is 12.8 Å². The van der Waals surface area contributed by atoms with Crippen LogP contribution in [0.2, 0.25) is 5.02 Å². The molecule has 1 aromatic carbocycles. The maximum Gasteiger partial charge on any atom is 0.237 e. The van der Waals surface area contributed by atoms with Crippen LogP contribution in [-0.2, 0) is 0 Å². The molecule has 2 nitrogen and oxygen atoms in total. The summed E-state index contributed by atoms with van der Waals surface area (Å²) in [4.78, 5) is 13.6. The Morgan fingerprint density at radius 3 is 2.71 bits per heavy atom. The zero-order chi connectivity index (χ0) is 12.3. The first-order valence-electron chi connectivity index (χ1n) is 5.43. The lowest BCUT2D eigenvalue weighted by Crippen LogP contribution is -2.12. The quantitative estimate of drug-likeness (QED) is 0.565. The van der Waals surface area contributed by atoms with Crippen LogP contribution in [0.5, 0.6) is 0 Å². The van der Waals surface area contributed by atoms with Crippen LogP contribution in [0.3, 0.4) is 0 Å². The third kappa shape index (κ3) is 2.98. The van der Waals surface area contributed by atoms with Crippen LogP contribution in [0.4, 0.5) is 4.39 Å². The summed E-state index contributed by atoms with van der Waals surface area (Å²) < 4.78 is 12.9. The second kappa shape index (κ2) is 5.20. The van der Waals surface area contributed by atoms with Gasteiger partial charge in [0.15, 0.2) is 0 Å². The number of benzene rings is 1. The minimum absolute atomic E-state index is 0.0566. The predicted octanol–water partition coefficient (Wildman–Crippen LogP) is 2.72. The standard InChI is InChI=1S/C13H11ClFNO/c14-11-9-10(3-4-12(11)15)13(17)5-8-16-6-1-2-7-16/h3-4,9H,1-2,6-7H2. The molecule has 1 aliphatic rings. The first-order valence-corrected chi connectivity index (χ1v) is 5.80. The molecule has 0 atom stereocenters.